The number of rotatable bonds is 2. The summed E-state index contributed by atoms with van der Waals surface area (Å²) in [5.74, 6) is 0. The van der Waals surface area contributed by atoms with Crippen LogP contribution in [0, 0.1) is 0 Å². The van der Waals surface area contributed by atoms with Crippen LogP contribution >= 0.6 is 0 Å². The predicted octanol–water partition coefficient (Wildman–Crippen LogP) is 1.27. The zero-order valence-electron chi connectivity index (χ0n) is 8.25. The molecule has 5 nitrogen and oxygen atoms in total. The molecule has 0 radical (unpaired) electrons. The Labute approximate surface area is 76.8 Å². The van der Waals surface area contributed by atoms with Crippen LogP contribution in [0.4, 0.5) is 4.79 Å². The van der Waals surface area contributed by atoms with Crippen LogP contribution in [0.25, 0.3) is 0 Å². The van der Waals surface area contributed by atoms with E-state index in [0.29, 0.717) is 0 Å². The lowest BCUT2D eigenvalue weighted by Crippen LogP contribution is -2.64. The summed E-state index contributed by atoms with van der Waals surface area (Å²) in [5.41, 5.74) is -1.04. The van der Waals surface area contributed by atoms with E-state index in [1.807, 2.05) is 13.8 Å². The van der Waals surface area contributed by atoms with Crippen LogP contribution < -0.4 is 0 Å². The first-order valence-electron chi connectivity index (χ1n) is 3.99. The van der Waals surface area contributed by atoms with E-state index in [2.05, 4.69) is 4.74 Å². The van der Waals surface area contributed by atoms with Gasteiger partial charge in [0.05, 0.1) is 7.11 Å². The molecule has 1 aliphatic heterocycles. The van der Waals surface area contributed by atoms with Crippen LogP contribution in [0.15, 0.2) is 0 Å². The van der Waals surface area contributed by atoms with E-state index in [1.165, 1.54) is 7.11 Å². The molecule has 0 spiro atoms. The second kappa shape index (κ2) is 3.16. The first-order valence-corrected chi connectivity index (χ1v) is 3.99. The third kappa shape index (κ3) is 1.76. The second-order valence-electron chi connectivity index (χ2n) is 3.65. The molecule has 0 N–H and O–H groups in total. The highest BCUT2D eigenvalue weighted by atomic mass is 17.3. The highest BCUT2D eigenvalue weighted by molar-refractivity contribution is 5.59. The molecule has 1 aliphatic rings. The number of ether oxygens (including phenoxy) is 2. The quantitative estimate of drug-likeness (QED) is 0.484. The molecule has 0 aromatic rings. The van der Waals surface area contributed by atoms with Gasteiger partial charge >= 0.3 is 6.16 Å². The lowest BCUT2D eigenvalue weighted by molar-refractivity contribution is -0.543. The minimum Gasteiger partial charge on any atom is -0.438 e. The molecule has 13 heavy (non-hydrogen) atoms. The molecule has 1 heterocycles. The Kier molecular flexibility index (Phi) is 2.49. The summed E-state index contributed by atoms with van der Waals surface area (Å²) < 4.78 is 9.09. The fourth-order valence-electron chi connectivity index (χ4n) is 0.804. The molecule has 1 atom stereocenters. The lowest BCUT2D eigenvalue weighted by atomic mass is 9.86. The summed E-state index contributed by atoms with van der Waals surface area (Å²) in [6.07, 6.45) is -0.715. The highest BCUT2D eigenvalue weighted by Gasteiger charge is 2.55. The van der Waals surface area contributed by atoms with Crippen molar-refractivity contribution in [2.75, 3.05) is 13.7 Å². The van der Waals surface area contributed by atoms with Gasteiger partial charge in [0, 0.05) is 0 Å². The van der Waals surface area contributed by atoms with Gasteiger partial charge in [-0.1, -0.05) is 0 Å². The standard InChI is InChI=1S/C8H14O5/c1-7(2)8(3,13-12-7)5-11-6(9)10-4/h5H2,1-4H3. The molecule has 0 aliphatic carbocycles. The first kappa shape index (κ1) is 10.3. The van der Waals surface area contributed by atoms with E-state index in [-0.39, 0.29) is 6.61 Å². The van der Waals surface area contributed by atoms with Crippen molar-refractivity contribution < 1.29 is 24.0 Å². The third-order valence-corrected chi connectivity index (χ3v) is 2.34. The molecular formula is C8H14O5. The monoisotopic (exact) mass is 190 g/mol. The normalized spacial score (nSPS) is 30.5. The van der Waals surface area contributed by atoms with Crippen molar-refractivity contribution in [3.63, 3.8) is 0 Å². The van der Waals surface area contributed by atoms with Crippen LogP contribution in [-0.2, 0) is 19.2 Å². The van der Waals surface area contributed by atoms with Gasteiger partial charge in [-0.25, -0.2) is 14.6 Å². The number of carbonyl (C=O) groups excluding carboxylic acids is 1. The van der Waals surface area contributed by atoms with Crippen molar-refractivity contribution >= 4 is 6.16 Å². The highest BCUT2D eigenvalue weighted by Crippen LogP contribution is 2.39. The van der Waals surface area contributed by atoms with Crippen molar-refractivity contribution in [1.82, 2.24) is 0 Å². The van der Waals surface area contributed by atoms with Gasteiger partial charge in [-0.3, -0.25) is 0 Å². The van der Waals surface area contributed by atoms with Crippen molar-refractivity contribution in [3.8, 4) is 0 Å². The Morgan fingerprint density at radius 3 is 2.23 bits per heavy atom. The summed E-state index contributed by atoms with van der Waals surface area (Å²) in [4.78, 5) is 20.4. The molecule has 0 amide bonds. The maximum absolute atomic E-state index is 10.7. The van der Waals surface area contributed by atoms with Crippen LogP contribution in [0.3, 0.4) is 0 Å². The largest absolute Gasteiger partial charge is 0.508 e. The van der Waals surface area contributed by atoms with E-state index in [9.17, 15) is 4.79 Å². The summed E-state index contributed by atoms with van der Waals surface area (Å²) >= 11 is 0. The van der Waals surface area contributed by atoms with Crippen molar-refractivity contribution in [1.29, 1.82) is 0 Å². The zero-order chi connectivity index (χ0) is 10.1. The summed E-state index contributed by atoms with van der Waals surface area (Å²) in [6.45, 7) is 5.64. The van der Waals surface area contributed by atoms with E-state index in [4.69, 9.17) is 14.5 Å². The number of carbonyl (C=O) groups is 1. The van der Waals surface area contributed by atoms with E-state index < -0.39 is 17.4 Å². The van der Waals surface area contributed by atoms with Crippen molar-refractivity contribution in [2.24, 2.45) is 0 Å². The number of hydrogen-bond acceptors (Lipinski definition) is 5. The fraction of sp³-hybridized carbons (Fsp3) is 0.875. The molecule has 76 valence electrons. The topological polar surface area (TPSA) is 54.0 Å². The zero-order valence-corrected chi connectivity index (χ0v) is 8.25. The molecule has 0 saturated carbocycles. The van der Waals surface area contributed by atoms with E-state index >= 15 is 0 Å². The fourth-order valence-corrected chi connectivity index (χ4v) is 0.804. The van der Waals surface area contributed by atoms with Crippen LogP contribution in [0.1, 0.15) is 20.8 Å². The van der Waals surface area contributed by atoms with Crippen LogP contribution in [-0.4, -0.2) is 31.1 Å². The minimum atomic E-state index is -0.715. The van der Waals surface area contributed by atoms with E-state index in [1.54, 1.807) is 6.92 Å². The SMILES string of the molecule is COC(=O)OCC1(C)OOC1(C)C. The molecular weight excluding hydrogens is 176 g/mol. The Balaban J connectivity index is 2.41. The Hall–Kier alpha value is -0.810. The molecule has 5 heteroatoms. The van der Waals surface area contributed by atoms with Gasteiger partial charge < -0.3 is 9.47 Å². The summed E-state index contributed by atoms with van der Waals surface area (Å²) in [7, 11) is 1.26. The number of methoxy groups -OCH3 is 1. The second-order valence-corrected chi connectivity index (χ2v) is 3.65. The van der Waals surface area contributed by atoms with Crippen LogP contribution in [0.5, 0.6) is 0 Å². The molecule has 0 aromatic carbocycles. The molecule has 1 rings (SSSR count). The average Bonchev–Trinajstić information content (AvgIpc) is 2.11. The van der Waals surface area contributed by atoms with Gasteiger partial charge in [0.1, 0.15) is 12.2 Å². The molecule has 1 fully saturated rings. The smallest absolute Gasteiger partial charge is 0.438 e. The van der Waals surface area contributed by atoms with Crippen LogP contribution in [0.2, 0.25) is 0 Å². The molecule has 1 saturated heterocycles. The van der Waals surface area contributed by atoms with Crippen molar-refractivity contribution in [2.45, 2.75) is 32.0 Å². The molecule has 0 bridgehead atoms. The van der Waals surface area contributed by atoms with Gasteiger partial charge in [-0.2, -0.15) is 0 Å². The maximum atomic E-state index is 10.7. The van der Waals surface area contributed by atoms with Gasteiger partial charge in [0.15, 0.2) is 5.60 Å². The summed E-state index contributed by atoms with van der Waals surface area (Å²) in [6, 6.07) is 0. The molecule has 0 aromatic heterocycles. The van der Waals surface area contributed by atoms with Gasteiger partial charge in [0.25, 0.3) is 0 Å². The summed E-state index contributed by atoms with van der Waals surface area (Å²) in [5, 5.41) is 0. The predicted molar refractivity (Wildman–Crippen MR) is 43.0 cm³/mol. The Morgan fingerprint density at radius 1 is 1.31 bits per heavy atom. The lowest BCUT2D eigenvalue weighted by Gasteiger charge is -2.49. The Morgan fingerprint density at radius 2 is 1.92 bits per heavy atom. The number of hydrogen-bond donors (Lipinski definition) is 0. The first-order chi connectivity index (χ1) is 5.91. The average molecular weight is 190 g/mol. The Bertz CT molecular complexity index is 213. The third-order valence-electron chi connectivity index (χ3n) is 2.34. The minimum absolute atomic E-state index is 0.118. The van der Waals surface area contributed by atoms with E-state index in [0.717, 1.165) is 0 Å². The van der Waals surface area contributed by atoms with Crippen molar-refractivity contribution in [3.05, 3.63) is 0 Å². The maximum Gasteiger partial charge on any atom is 0.508 e. The molecule has 1 unspecified atom stereocenters. The van der Waals surface area contributed by atoms with Gasteiger partial charge in [0.2, 0.25) is 0 Å². The van der Waals surface area contributed by atoms with Gasteiger partial charge in [-0.15, -0.1) is 0 Å². The van der Waals surface area contributed by atoms with Gasteiger partial charge in [-0.05, 0) is 20.8 Å².